The van der Waals surface area contributed by atoms with E-state index in [9.17, 15) is 0 Å². The molecule has 92 valence electrons. The van der Waals surface area contributed by atoms with E-state index in [1.165, 1.54) is 5.56 Å². The van der Waals surface area contributed by atoms with Gasteiger partial charge in [0.15, 0.2) is 0 Å². The molecular weight excluding hydrogens is 266 g/mol. The predicted octanol–water partition coefficient (Wildman–Crippen LogP) is 3.66. The molecule has 1 atom stereocenters. The Balaban J connectivity index is 2.14. The van der Waals surface area contributed by atoms with Crippen LogP contribution in [0, 0.1) is 4.64 Å². The molecule has 2 aromatic heterocycles. The van der Waals surface area contributed by atoms with E-state index in [-0.39, 0.29) is 5.92 Å². The lowest BCUT2D eigenvalue weighted by atomic mass is 9.83. The summed E-state index contributed by atoms with van der Waals surface area (Å²) in [5.74, 6) is 0.235. The van der Waals surface area contributed by atoms with Gasteiger partial charge in [0.2, 0.25) is 0 Å². The summed E-state index contributed by atoms with van der Waals surface area (Å²) in [5.41, 5.74) is 3.48. The number of aromatic amines is 1. The van der Waals surface area contributed by atoms with E-state index >= 15 is 0 Å². The van der Waals surface area contributed by atoms with Gasteiger partial charge >= 0.3 is 0 Å². The molecule has 0 aromatic carbocycles. The summed E-state index contributed by atoms with van der Waals surface area (Å²) in [4.78, 5) is 4.52. The lowest BCUT2D eigenvalue weighted by Crippen LogP contribution is -2.14. The number of hydrogen-bond donors (Lipinski definition) is 1. The van der Waals surface area contributed by atoms with E-state index < -0.39 is 0 Å². The van der Waals surface area contributed by atoms with Crippen LogP contribution in [0.2, 0.25) is 5.15 Å². The first-order valence-corrected chi connectivity index (χ1v) is 6.73. The maximum Gasteiger partial charge on any atom is 0.149 e. The zero-order chi connectivity index (χ0) is 12.5. The Hall–Kier alpha value is -1.26. The van der Waals surface area contributed by atoms with Crippen molar-refractivity contribution in [2.24, 2.45) is 0 Å². The number of fused-ring (bicyclic) bond motifs is 1. The number of nitrogens with zero attached hydrogens (tertiary/aromatic N) is 2. The maximum absolute atomic E-state index is 5.95. The summed E-state index contributed by atoms with van der Waals surface area (Å²) in [5, 5.41) is 7.15. The van der Waals surface area contributed by atoms with Gasteiger partial charge in [-0.3, -0.25) is 10.1 Å². The molecule has 3 nitrogen and oxygen atoms in total. The first-order valence-electron chi connectivity index (χ1n) is 5.94. The summed E-state index contributed by atoms with van der Waals surface area (Å²) in [6.45, 7) is 0. The third-order valence-corrected chi connectivity index (χ3v) is 3.89. The van der Waals surface area contributed by atoms with Crippen LogP contribution in [-0.2, 0) is 6.42 Å². The van der Waals surface area contributed by atoms with Crippen LogP contribution in [0.4, 0.5) is 0 Å². The van der Waals surface area contributed by atoms with Crippen LogP contribution in [0.5, 0.6) is 0 Å². The fourth-order valence-corrected chi connectivity index (χ4v) is 2.97. The second-order valence-electron chi connectivity index (χ2n) is 4.47. The Labute approximate surface area is 115 Å². The first-order chi connectivity index (χ1) is 8.75. The molecule has 2 heterocycles. The number of pyridine rings is 1. The number of aromatic nitrogens is 3. The molecule has 1 aliphatic rings. The van der Waals surface area contributed by atoms with E-state index in [2.05, 4.69) is 21.2 Å². The molecule has 18 heavy (non-hydrogen) atoms. The number of rotatable bonds is 1. The first kappa shape index (κ1) is 11.8. The van der Waals surface area contributed by atoms with Crippen molar-refractivity contribution in [2.45, 2.75) is 25.2 Å². The van der Waals surface area contributed by atoms with Crippen molar-refractivity contribution < 1.29 is 0 Å². The number of H-pyrrole nitrogens is 1. The monoisotopic (exact) mass is 277 g/mol. The Bertz CT molecular complexity index is 638. The summed E-state index contributed by atoms with van der Waals surface area (Å²) in [6.07, 6.45) is 5.14. The predicted molar refractivity (Wildman–Crippen MR) is 73.4 cm³/mol. The van der Waals surface area contributed by atoms with Crippen molar-refractivity contribution in [1.82, 2.24) is 15.2 Å². The molecule has 1 aliphatic carbocycles. The van der Waals surface area contributed by atoms with Gasteiger partial charge < -0.3 is 0 Å². The lowest BCUT2D eigenvalue weighted by molar-refractivity contribution is 0.594. The SMILES string of the molecule is S=c1[nH]nc(Cl)cc1C1CCCc2cccnc21. The second kappa shape index (κ2) is 4.78. The Morgan fingerprint density at radius 1 is 1.44 bits per heavy atom. The summed E-state index contributed by atoms with van der Waals surface area (Å²) in [7, 11) is 0. The molecule has 0 bridgehead atoms. The van der Waals surface area contributed by atoms with E-state index in [0.29, 0.717) is 9.79 Å². The highest BCUT2D eigenvalue weighted by atomic mass is 35.5. The molecular formula is C13H12ClN3S. The third-order valence-electron chi connectivity index (χ3n) is 3.37. The van der Waals surface area contributed by atoms with Gasteiger partial charge in [-0.25, -0.2) is 0 Å². The van der Waals surface area contributed by atoms with Crippen molar-refractivity contribution in [2.75, 3.05) is 0 Å². The molecule has 0 spiro atoms. The maximum atomic E-state index is 5.95. The summed E-state index contributed by atoms with van der Waals surface area (Å²) >= 11 is 11.3. The van der Waals surface area contributed by atoms with Crippen LogP contribution < -0.4 is 0 Å². The number of hydrogen-bond acceptors (Lipinski definition) is 3. The average molecular weight is 278 g/mol. The Kier molecular flexibility index (Phi) is 3.14. The highest BCUT2D eigenvalue weighted by Gasteiger charge is 2.24. The fourth-order valence-electron chi connectivity index (χ4n) is 2.57. The zero-order valence-electron chi connectivity index (χ0n) is 9.69. The van der Waals surface area contributed by atoms with Crippen LogP contribution >= 0.6 is 23.8 Å². The number of nitrogens with one attached hydrogen (secondary N) is 1. The normalized spacial score (nSPS) is 18.4. The standard InChI is InChI=1S/C13H12ClN3S/c14-11-7-10(13(18)17-16-11)9-5-1-3-8-4-2-6-15-12(8)9/h2,4,6-7,9H,1,3,5H2,(H,17,18). The minimum absolute atomic E-state index is 0.235. The van der Waals surface area contributed by atoms with Crippen molar-refractivity contribution in [3.63, 3.8) is 0 Å². The van der Waals surface area contributed by atoms with Crippen LogP contribution in [-0.4, -0.2) is 15.2 Å². The zero-order valence-corrected chi connectivity index (χ0v) is 11.3. The molecule has 0 saturated carbocycles. The van der Waals surface area contributed by atoms with Crippen LogP contribution in [0.15, 0.2) is 24.4 Å². The van der Waals surface area contributed by atoms with Crippen molar-refractivity contribution in [1.29, 1.82) is 0 Å². The van der Waals surface area contributed by atoms with Crippen molar-refractivity contribution >= 4 is 23.8 Å². The van der Waals surface area contributed by atoms with Gasteiger partial charge in [-0.1, -0.05) is 29.9 Å². The highest BCUT2D eigenvalue weighted by molar-refractivity contribution is 7.71. The topological polar surface area (TPSA) is 41.6 Å². The highest BCUT2D eigenvalue weighted by Crippen LogP contribution is 2.35. The molecule has 0 fully saturated rings. The van der Waals surface area contributed by atoms with Gasteiger partial charge in [-0.15, -0.1) is 0 Å². The van der Waals surface area contributed by atoms with Crippen LogP contribution in [0.25, 0.3) is 0 Å². The van der Waals surface area contributed by atoms with Crippen LogP contribution in [0.3, 0.4) is 0 Å². The minimum Gasteiger partial charge on any atom is -0.266 e. The number of aryl methyl sites for hydroxylation is 1. The van der Waals surface area contributed by atoms with Gasteiger partial charge in [0.05, 0.1) is 5.69 Å². The van der Waals surface area contributed by atoms with Gasteiger partial charge in [0, 0.05) is 17.7 Å². The lowest BCUT2D eigenvalue weighted by Gasteiger charge is -2.24. The number of halogens is 1. The molecule has 2 aromatic rings. The van der Waals surface area contributed by atoms with Gasteiger partial charge in [-0.2, -0.15) is 5.10 Å². The van der Waals surface area contributed by atoms with Gasteiger partial charge in [-0.05, 0) is 37.0 Å². The van der Waals surface area contributed by atoms with Gasteiger partial charge in [0.25, 0.3) is 0 Å². The van der Waals surface area contributed by atoms with Crippen LogP contribution in [0.1, 0.15) is 35.6 Å². The average Bonchev–Trinajstić information content (AvgIpc) is 2.41. The molecule has 5 heteroatoms. The molecule has 0 aliphatic heterocycles. The third kappa shape index (κ3) is 2.06. The fraction of sp³-hybridized carbons (Fsp3) is 0.308. The Morgan fingerprint density at radius 3 is 3.22 bits per heavy atom. The smallest absolute Gasteiger partial charge is 0.149 e. The van der Waals surface area contributed by atoms with Crippen molar-refractivity contribution in [3.05, 3.63) is 51.0 Å². The Morgan fingerprint density at radius 2 is 2.33 bits per heavy atom. The molecule has 0 amide bonds. The van der Waals surface area contributed by atoms with Crippen molar-refractivity contribution in [3.8, 4) is 0 Å². The molecule has 0 saturated heterocycles. The van der Waals surface area contributed by atoms with Gasteiger partial charge in [0.1, 0.15) is 9.79 Å². The quantitative estimate of drug-likeness (QED) is 0.809. The molecule has 3 rings (SSSR count). The largest absolute Gasteiger partial charge is 0.266 e. The van der Waals surface area contributed by atoms with E-state index in [1.54, 1.807) is 0 Å². The summed E-state index contributed by atoms with van der Waals surface area (Å²) in [6, 6.07) is 5.99. The molecule has 0 radical (unpaired) electrons. The van der Waals surface area contributed by atoms with E-state index in [0.717, 1.165) is 30.5 Å². The minimum atomic E-state index is 0.235. The van der Waals surface area contributed by atoms with E-state index in [4.69, 9.17) is 23.8 Å². The second-order valence-corrected chi connectivity index (χ2v) is 5.26. The molecule has 1 unspecified atom stereocenters. The molecule has 1 N–H and O–H groups in total. The van der Waals surface area contributed by atoms with E-state index in [1.807, 2.05) is 18.3 Å². The summed E-state index contributed by atoms with van der Waals surface area (Å²) < 4.78 is 0.655.